The number of carbonyl (C=O) groups excluding carboxylic acids is 1. The third-order valence-corrected chi connectivity index (χ3v) is 9.27. The fraction of sp³-hybridized carbons (Fsp3) is 0.516. The number of hydrogen-bond donors (Lipinski definition) is 3. The van der Waals surface area contributed by atoms with E-state index >= 15 is 0 Å². The minimum Gasteiger partial charge on any atom is -0.390 e. The van der Waals surface area contributed by atoms with Gasteiger partial charge in [-0.2, -0.15) is 0 Å². The van der Waals surface area contributed by atoms with Crippen LogP contribution in [0.1, 0.15) is 67.4 Å². The van der Waals surface area contributed by atoms with Gasteiger partial charge >= 0.3 is 0 Å². The second-order valence-electron chi connectivity index (χ2n) is 10.7. The number of nitrogens with one attached hydrogen (secondary N) is 2. The van der Waals surface area contributed by atoms with Gasteiger partial charge in [0.05, 0.1) is 23.3 Å². The first kappa shape index (κ1) is 27.1. The Morgan fingerprint density at radius 1 is 1.11 bits per heavy atom. The molecule has 5 rings (SSSR count). The molecule has 0 spiro atoms. The largest absolute Gasteiger partial charge is 0.390 e. The smallest absolute Gasteiger partial charge is 0.251 e. The lowest BCUT2D eigenvalue weighted by molar-refractivity contribution is 0.0821. The first-order valence-electron chi connectivity index (χ1n) is 14.4. The van der Waals surface area contributed by atoms with Gasteiger partial charge in [0.15, 0.2) is 0 Å². The van der Waals surface area contributed by atoms with Gasteiger partial charge in [0, 0.05) is 48.6 Å². The number of aromatic nitrogens is 1. The Kier molecular flexibility index (Phi) is 8.97. The molecule has 1 fully saturated rings. The fourth-order valence-electron chi connectivity index (χ4n) is 6.00. The number of aliphatic hydroxyl groups excluding tert-OH is 1. The Hall–Kier alpha value is -2.48. The van der Waals surface area contributed by atoms with Crippen molar-refractivity contribution in [3.8, 4) is 0 Å². The summed E-state index contributed by atoms with van der Waals surface area (Å²) in [5.74, 6) is 0.906. The molecule has 1 aliphatic heterocycles. The molecular weight excluding hydrogens is 492 g/mol. The molecule has 3 N–H and O–H groups in total. The average molecular weight is 535 g/mol. The highest BCUT2D eigenvalue weighted by Gasteiger charge is 2.26. The fourth-order valence-corrected chi connectivity index (χ4v) is 7.00. The molecule has 1 aliphatic carbocycles. The standard InChI is InChI=1S/C31H42N4O2S/c1-3-34-21-23-15-16-38-35(4-2)28-19-24(18-27(34)30(23)28)31(37)33-26(17-22-11-7-5-8-12-22)29(36)20-32-25-13-9-6-10-14-25/h5,7-8,11-12,18-19,21,25-26,29,32,36H,3-4,6,9-10,13-17,20H2,1-2H3,(H,33,37)/t26-,29+/m0/s1. The first-order valence-corrected chi connectivity index (χ1v) is 15.3. The number of carbonyl (C=O) groups is 1. The molecule has 6 nitrogen and oxygen atoms in total. The summed E-state index contributed by atoms with van der Waals surface area (Å²) in [4.78, 5) is 13.8. The monoisotopic (exact) mass is 534 g/mol. The van der Waals surface area contributed by atoms with Crippen LogP contribution < -0.4 is 14.9 Å². The maximum Gasteiger partial charge on any atom is 0.251 e. The van der Waals surface area contributed by atoms with Crippen LogP contribution in [0.25, 0.3) is 10.9 Å². The van der Waals surface area contributed by atoms with Gasteiger partial charge in [-0.1, -0.05) is 49.6 Å². The molecule has 2 aromatic carbocycles. The molecule has 2 heterocycles. The van der Waals surface area contributed by atoms with Crippen molar-refractivity contribution in [1.29, 1.82) is 0 Å². The number of aliphatic hydroxyl groups is 1. The van der Waals surface area contributed by atoms with Crippen molar-refractivity contribution in [1.82, 2.24) is 15.2 Å². The number of hydrogen-bond acceptors (Lipinski definition) is 5. The summed E-state index contributed by atoms with van der Waals surface area (Å²) < 4.78 is 4.58. The quantitative estimate of drug-likeness (QED) is 0.307. The number of anilines is 1. The van der Waals surface area contributed by atoms with E-state index in [1.807, 2.05) is 36.2 Å². The van der Waals surface area contributed by atoms with Gasteiger partial charge in [-0.25, -0.2) is 0 Å². The van der Waals surface area contributed by atoms with Crippen LogP contribution in [0.15, 0.2) is 48.7 Å². The molecule has 0 radical (unpaired) electrons. The SMILES string of the molecule is CCN1SCCc2cn(CC)c3cc(C(=O)N[C@@H](Cc4ccccc4)[C@H](O)CNC4CCCCC4)cc1c23. The highest BCUT2D eigenvalue weighted by atomic mass is 32.2. The molecular formula is C31H42N4O2S. The third kappa shape index (κ3) is 6.05. The van der Waals surface area contributed by atoms with Gasteiger partial charge in [0.25, 0.3) is 5.91 Å². The highest BCUT2D eigenvalue weighted by molar-refractivity contribution is 8.00. The Bertz CT molecular complexity index is 1220. The Morgan fingerprint density at radius 2 is 1.89 bits per heavy atom. The molecule has 7 heteroatoms. The van der Waals surface area contributed by atoms with Gasteiger partial charge in [0.2, 0.25) is 0 Å². The second kappa shape index (κ2) is 12.6. The van der Waals surface area contributed by atoms with E-state index < -0.39 is 6.10 Å². The van der Waals surface area contributed by atoms with Crippen LogP contribution in [-0.4, -0.2) is 52.6 Å². The molecule has 38 heavy (non-hydrogen) atoms. The molecule has 0 saturated heterocycles. The molecule has 3 aromatic rings. The third-order valence-electron chi connectivity index (χ3n) is 8.12. The summed E-state index contributed by atoms with van der Waals surface area (Å²) in [6.07, 6.45) is 9.32. The molecule has 0 bridgehead atoms. The lowest BCUT2D eigenvalue weighted by Crippen LogP contribution is -2.50. The molecule has 1 saturated carbocycles. The summed E-state index contributed by atoms with van der Waals surface area (Å²) in [6.45, 7) is 6.54. The topological polar surface area (TPSA) is 69.5 Å². The summed E-state index contributed by atoms with van der Waals surface area (Å²) in [5, 5.41) is 19.4. The zero-order chi connectivity index (χ0) is 26.5. The van der Waals surface area contributed by atoms with Crippen LogP contribution in [0, 0.1) is 0 Å². The van der Waals surface area contributed by atoms with Crippen LogP contribution >= 0.6 is 11.9 Å². The summed E-state index contributed by atoms with van der Waals surface area (Å²) in [6, 6.07) is 14.3. The van der Waals surface area contributed by atoms with Crippen LogP contribution in [-0.2, 0) is 19.4 Å². The minimum atomic E-state index is -0.680. The van der Waals surface area contributed by atoms with Crippen LogP contribution in [0.4, 0.5) is 5.69 Å². The van der Waals surface area contributed by atoms with Gasteiger partial charge < -0.3 is 24.6 Å². The van der Waals surface area contributed by atoms with Crippen LogP contribution in [0.2, 0.25) is 0 Å². The zero-order valence-corrected chi connectivity index (χ0v) is 23.6. The van der Waals surface area contributed by atoms with Gasteiger partial charge in [0.1, 0.15) is 0 Å². The van der Waals surface area contributed by atoms with Gasteiger partial charge in [-0.05, 0) is 74.7 Å². The van der Waals surface area contributed by atoms with E-state index in [2.05, 4.69) is 57.7 Å². The number of aryl methyl sites for hydroxylation is 2. The molecule has 204 valence electrons. The van der Waals surface area contributed by atoms with Crippen molar-refractivity contribution in [2.24, 2.45) is 0 Å². The predicted molar refractivity (Wildman–Crippen MR) is 159 cm³/mol. The Labute approximate surface area is 231 Å². The average Bonchev–Trinajstić information content (AvgIpc) is 3.21. The van der Waals surface area contributed by atoms with E-state index in [1.54, 1.807) is 0 Å². The number of benzene rings is 2. The number of nitrogens with zero attached hydrogens (tertiary/aromatic N) is 2. The van der Waals surface area contributed by atoms with Crippen molar-refractivity contribution >= 4 is 34.4 Å². The predicted octanol–water partition coefficient (Wildman–Crippen LogP) is 5.32. The number of amides is 1. The van der Waals surface area contributed by atoms with Crippen molar-refractivity contribution in [3.05, 3.63) is 65.4 Å². The molecule has 1 aromatic heterocycles. The maximum absolute atomic E-state index is 13.8. The van der Waals surface area contributed by atoms with Crippen molar-refractivity contribution in [2.45, 2.75) is 83.5 Å². The maximum atomic E-state index is 13.8. The highest BCUT2D eigenvalue weighted by Crippen LogP contribution is 2.39. The van der Waals surface area contributed by atoms with E-state index in [4.69, 9.17) is 0 Å². The minimum absolute atomic E-state index is 0.128. The summed E-state index contributed by atoms with van der Waals surface area (Å²) >= 11 is 1.84. The molecule has 2 atom stereocenters. The zero-order valence-electron chi connectivity index (χ0n) is 22.8. The normalized spacial score (nSPS) is 17.8. The van der Waals surface area contributed by atoms with Crippen molar-refractivity contribution < 1.29 is 9.90 Å². The summed E-state index contributed by atoms with van der Waals surface area (Å²) in [5.41, 5.74) is 5.36. The lowest BCUT2D eigenvalue weighted by atomic mass is 9.94. The Morgan fingerprint density at radius 3 is 2.63 bits per heavy atom. The van der Waals surface area contributed by atoms with E-state index in [0.717, 1.165) is 54.9 Å². The van der Waals surface area contributed by atoms with E-state index in [0.29, 0.717) is 24.6 Å². The van der Waals surface area contributed by atoms with Crippen molar-refractivity contribution in [2.75, 3.05) is 23.1 Å². The molecule has 2 aliphatic rings. The van der Waals surface area contributed by atoms with Crippen molar-refractivity contribution in [3.63, 3.8) is 0 Å². The Balaban J connectivity index is 1.41. The van der Waals surface area contributed by atoms with E-state index in [-0.39, 0.29) is 11.9 Å². The lowest BCUT2D eigenvalue weighted by Gasteiger charge is -2.29. The second-order valence-corrected chi connectivity index (χ2v) is 11.8. The van der Waals surface area contributed by atoms with Crippen LogP contribution in [0.3, 0.4) is 0 Å². The van der Waals surface area contributed by atoms with Gasteiger partial charge in [-0.15, -0.1) is 0 Å². The molecule has 0 unspecified atom stereocenters. The number of rotatable bonds is 10. The van der Waals surface area contributed by atoms with Crippen LogP contribution in [0.5, 0.6) is 0 Å². The van der Waals surface area contributed by atoms with E-state index in [1.165, 1.54) is 30.2 Å². The first-order chi connectivity index (χ1) is 18.6. The molecule has 1 amide bonds. The van der Waals surface area contributed by atoms with Gasteiger partial charge in [-0.3, -0.25) is 4.79 Å². The summed E-state index contributed by atoms with van der Waals surface area (Å²) in [7, 11) is 0. The van der Waals surface area contributed by atoms with E-state index in [9.17, 15) is 9.90 Å².